The normalized spacial score (nSPS) is 16.4. The van der Waals surface area contributed by atoms with Crippen molar-refractivity contribution in [1.29, 1.82) is 0 Å². The van der Waals surface area contributed by atoms with E-state index in [2.05, 4.69) is 47.9 Å². The maximum Gasteiger partial charge on any atom is 0.203 e. The fourth-order valence-electron chi connectivity index (χ4n) is 5.58. The van der Waals surface area contributed by atoms with Crippen molar-refractivity contribution in [3.05, 3.63) is 35.4 Å². The van der Waals surface area contributed by atoms with Crippen LogP contribution in [0.15, 0.2) is 24.3 Å². The van der Waals surface area contributed by atoms with E-state index in [0.29, 0.717) is 34.5 Å². The molecule has 0 radical (unpaired) electrons. The summed E-state index contributed by atoms with van der Waals surface area (Å²) in [5.41, 5.74) is 2.37. The van der Waals surface area contributed by atoms with Gasteiger partial charge in [-0.2, -0.15) is 0 Å². The summed E-state index contributed by atoms with van der Waals surface area (Å²) >= 11 is 0. The Bertz CT molecular complexity index is 884. The van der Waals surface area contributed by atoms with E-state index in [9.17, 15) is 0 Å². The van der Waals surface area contributed by atoms with Gasteiger partial charge in [0.15, 0.2) is 23.0 Å². The first kappa shape index (κ1) is 28.7. The van der Waals surface area contributed by atoms with Gasteiger partial charge in [-0.15, -0.1) is 0 Å². The smallest absolute Gasteiger partial charge is 0.203 e. The van der Waals surface area contributed by atoms with Gasteiger partial charge in [-0.3, -0.25) is 9.80 Å². The standard InChI is InChI=1S/C29H44N2O6/c1-9-22(20-16-24(32-3)28(36-7)25(17-20)33-4)30-12-11-13-31(15-14-30)23(10-2)21-18-26(34-5)29(37-8)27(19-21)35-6/h16-19,22-23H,9-15H2,1-8H3. The lowest BCUT2D eigenvalue weighted by molar-refractivity contribution is 0.171. The maximum atomic E-state index is 5.63. The molecular formula is C29H44N2O6. The highest BCUT2D eigenvalue weighted by atomic mass is 16.5. The van der Waals surface area contributed by atoms with Crippen LogP contribution >= 0.6 is 0 Å². The van der Waals surface area contributed by atoms with Gasteiger partial charge in [-0.05, 0) is 54.7 Å². The van der Waals surface area contributed by atoms with Gasteiger partial charge in [0.2, 0.25) is 11.5 Å². The number of hydrogen-bond acceptors (Lipinski definition) is 8. The molecule has 0 aromatic heterocycles. The Labute approximate surface area is 222 Å². The molecule has 0 amide bonds. The second-order valence-corrected chi connectivity index (χ2v) is 9.19. The average molecular weight is 517 g/mol. The van der Waals surface area contributed by atoms with Gasteiger partial charge >= 0.3 is 0 Å². The molecule has 8 nitrogen and oxygen atoms in total. The third-order valence-electron chi connectivity index (χ3n) is 7.36. The first-order valence-electron chi connectivity index (χ1n) is 13.1. The predicted octanol–water partition coefficient (Wildman–Crippen LogP) is 5.35. The topological polar surface area (TPSA) is 61.9 Å². The van der Waals surface area contributed by atoms with E-state index in [1.807, 2.05) is 0 Å². The van der Waals surface area contributed by atoms with Crippen molar-refractivity contribution >= 4 is 0 Å². The summed E-state index contributed by atoms with van der Waals surface area (Å²) in [6.45, 7) is 8.46. The summed E-state index contributed by atoms with van der Waals surface area (Å²) in [4.78, 5) is 5.17. The molecule has 0 N–H and O–H groups in total. The quantitative estimate of drug-likeness (QED) is 0.374. The van der Waals surface area contributed by atoms with E-state index >= 15 is 0 Å². The zero-order chi connectivity index (χ0) is 26.9. The highest BCUT2D eigenvalue weighted by Crippen LogP contribution is 2.43. The molecule has 206 valence electrons. The number of benzene rings is 2. The number of methoxy groups -OCH3 is 6. The van der Waals surface area contributed by atoms with Gasteiger partial charge in [-0.1, -0.05) is 13.8 Å². The molecule has 2 aromatic rings. The van der Waals surface area contributed by atoms with Crippen LogP contribution in [0.1, 0.15) is 56.3 Å². The summed E-state index contributed by atoms with van der Waals surface area (Å²) in [6.07, 6.45) is 3.06. The van der Waals surface area contributed by atoms with Crippen LogP contribution in [-0.4, -0.2) is 78.6 Å². The van der Waals surface area contributed by atoms with E-state index in [1.165, 1.54) is 11.1 Å². The highest BCUT2D eigenvalue weighted by molar-refractivity contribution is 5.55. The molecule has 0 aliphatic carbocycles. The summed E-state index contributed by atoms with van der Waals surface area (Å²) < 4.78 is 33.6. The second-order valence-electron chi connectivity index (χ2n) is 9.19. The molecule has 8 heteroatoms. The van der Waals surface area contributed by atoms with Crippen LogP contribution in [0.3, 0.4) is 0 Å². The number of nitrogens with zero attached hydrogens (tertiary/aromatic N) is 2. The molecule has 37 heavy (non-hydrogen) atoms. The van der Waals surface area contributed by atoms with Crippen LogP contribution in [0.5, 0.6) is 34.5 Å². The Morgan fingerprint density at radius 1 is 0.541 bits per heavy atom. The van der Waals surface area contributed by atoms with Crippen LogP contribution in [-0.2, 0) is 0 Å². The molecule has 2 unspecified atom stereocenters. The van der Waals surface area contributed by atoms with E-state index in [0.717, 1.165) is 45.4 Å². The lowest BCUT2D eigenvalue weighted by atomic mass is 10.0. The van der Waals surface area contributed by atoms with Gasteiger partial charge in [0.1, 0.15) is 0 Å². The fraction of sp³-hybridized carbons (Fsp3) is 0.586. The Hall–Kier alpha value is -2.84. The largest absolute Gasteiger partial charge is 0.493 e. The van der Waals surface area contributed by atoms with Crippen molar-refractivity contribution in [2.45, 2.75) is 45.2 Å². The second kappa shape index (κ2) is 13.6. The lowest BCUT2D eigenvalue weighted by Crippen LogP contribution is -2.35. The highest BCUT2D eigenvalue weighted by Gasteiger charge is 2.28. The molecule has 1 heterocycles. The van der Waals surface area contributed by atoms with Crippen molar-refractivity contribution in [3.63, 3.8) is 0 Å². The predicted molar refractivity (Wildman–Crippen MR) is 146 cm³/mol. The maximum absolute atomic E-state index is 5.63. The van der Waals surface area contributed by atoms with E-state index in [4.69, 9.17) is 28.4 Å². The Kier molecular flexibility index (Phi) is 10.6. The number of hydrogen-bond donors (Lipinski definition) is 0. The van der Waals surface area contributed by atoms with Crippen molar-refractivity contribution in [1.82, 2.24) is 9.80 Å². The first-order chi connectivity index (χ1) is 18.0. The van der Waals surface area contributed by atoms with Crippen molar-refractivity contribution < 1.29 is 28.4 Å². The van der Waals surface area contributed by atoms with Gasteiger partial charge in [0, 0.05) is 38.3 Å². The van der Waals surface area contributed by atoms with Crippen LogP contribution in [0.2, 0.25) is 0 Å². The van der Waals surface area contributed by atoms with E-state index in [-0.39, 0.29) is 12.1 Å². The summed E-state index contributed by atoms with van der Waals surface area (Å²) in [7, 11) is 9.94. The fourth-order valence-corrected chi connectivity index (χ4v) is 5.58. The molecule has 1 aliphatic rings. The van der Waals surface area contributed by atoms with Crippen LogP contribution in [0.4, 0.5) is 0 Å². The third kappa shape index (κ3) is 6.18. The Morgan fingerprint density at radius 2 is 0.865 bits per heavy atom. The van der Waals surface area contributed by atoms with E-state index in [1.54, 1.807) is 42.7 Å². The van der Waals surface area contributed by atoms with E-state index < -0.39 is 0 Å². The molecule has 0 spiro atoms. The molecule has 0 saturated carbocycles. The molecular weight excluding hydrogens is 472 g/mol. The minimum atomic E-state index is 0.259. The Morgan fingerprint density at radius 3 is 1.11 bits per heavy atom. The van der Waals surface area contributed by atoms with Crippen LogP contribution < -0.4 is 28.4 Å². The average Bonchev–Trinajstić information content (AvgIpc) is 3.18. The SMILES string of the molecule is CCC(c1cc(OC)c(OC)c(OC)c1)N1CCCN(C(CC)c2cc(OC)c(OC)c(OC)c2)CC1. The molecule has 1 saturated heterocycles. The molecule has 3 rings (SSSR count). The lowest BCUT2D eigenvalue weighted by Gasteiger charge is -2.33. The molecule has 2 atom stereocenters. The van der Waals surface area contributed by atoms with Gasteiger partial charge in [0.25, 0.3) is 0 Å². The molecule has 0 bridgehead atoms. The van der Waals surface area contributed by atoms with Crippen molar-refractivity contribution in [2.24, 2.45) is 0 Å². The molecule has 1 fully saturated rings. The van der Waals surface area contributed by atoms with Gasteiger partial charge < -0.3 is 28.4 Å². The summed E-state index contributed by atoms with van der Waals surface area (Å²) in [6, 6.07) is 8.86. The zero-order valence-electron chi connectivity index (χ0n) is 23.8. The number of ether oxygens (including phenoxy) is 6. The first-order valence-corrected chi connectivity index (χ1v) is 13.1. The molecule has 2 aromatic carbocycles. The van der Waals surface area contributed by atoms with Gasteiger partial charge in [-0.25, -0.2) is 0 Å². The van der Waals surface area contributed by atoms with Crippen LogP contribution in [0, 0.1) is 0 Å². The number of rotatable bonds is 12. The van der Waals surface area contributed by atoms with Crippen LogP contribution in [0.25, 0.3) is 0 Å². The monoisotopic (exact) mass is 516 g/mol. The molecule has 1 aliphatic heterocycles. The minimum Gasteiger partial charge on any atom is -0.493 e. The van der Waals surface area contributed by atoms with Crippen molar-refractivity contribution in [2.75, 3.05) is 68.8 Å². The summed E-state index contributed by atoms with van der Waals surface area (Å²) in [5.74, 6) is 4.03. The minimum absolute atomic E-state index is 0.259. The zero-order valence-corrected chi connectivity index (χ0v) is 23.8. The van der Waals surface area contributed by atoms with Gasteiger partial charge in [0.05, 0.1) is 42.7 Å². The van der Waals surface area contributed by atoms with Crippen molar-refractivity contribution in [3.8, 4) is 34.5 Å². The third-order valence-corrected chi connectivity index (χ3v) is 7.36. The summed E-state index contributed by atoms with van der Waals surface area (Å²) in [5, 5.41) is 0. The Balaban J connectivity index is 1.85.